The molecule has 2 aliphatic heterocycles. The lowest BCUT2D eigenvalue weighted by molar-refractivity contribution is 0.588. The van der Waals surface area contributed by atoms with Crippen LogP contribution in [0, 0.1) is 0 Å². The van der Waals surface area contributed by atoms with E-state index in [0.29, 0.717) is 0 Å². The maximum absolute atomic E-state index is 7.15. The average molecular weight is 786 g/mol. The van der Waals surface area contributed by atoms with Crippen molar-refractivity contribution in [1.29, 1.82) is 0 Å². The van der Waals surface area contributed by atoms with Gasteiger partial charge in [0.25, 0.3) is 0 Å². The Hall–Kier alpha value is -6.75. The molecule has 1 aromatic heterocycles. The molecule has 0 spiro atoms. The molecule has 60 heavy (non-hydrogen) atoms. The molecule has 0 bridgehead atoms. The number of nitrogens with zero attached hydrogens (tertiary/aromatic N) is 1. The lowest BCUT2D eigenvalue weighted by atomic mass is 9.31. The van der Waals surface area contributed by atoms with Gasteiger partial charge >= 0.3 is 0 Å². The van der Waals surface area contributed by atoms with Crippen LogP contribution in [0.25, 0.3) is 33.9 Å². The van der Waals surface area contributed by atoms with E-state index in [0.717, 1.165) is 29.1 Å². The fraction of sp³-hybridized carbons (Fsp3) is 0.0714. The van der Waals surface area contributed by atoms with E-state index in [1.54, 1.807) is 0 Å². The first kappa shape index (κ1) is 35.2. The predicted molar refractivity (Wildman–Crippen MR) is 253 cm³/mol. The molecule has 3 aliphatic rings. The molecule has 4 heteroatoms. The zero-order valence-electron chi connectivity index (χ0n) is 33.3. The van der Waals surface area contributed by atoms with Gasteiger partial charge in [0.2, 0.25) is 6.71 Å². The standard InChI is InChI=1S/C56H40BNOS/c1-36-51-45-34-42(58(40-22-10-4-11-23-40)41-24-12-5-13-25-41)35-50-55(45)57(46-27-15-17-29-49(46)60-50)47-31-30-43(53(54(47)51)56-52(36)44-26-14-16-28-48(44)59-56)39(32-37-18-6-2-7-19-37)33-38-20-8-3-9-21-38/h2-32,34-36,51H,33H2,1H3/b39-32-/t36-,51?/m1/s1. The molecule has 0 radical (unpaired) electrons. The summed E-state index contributed by atoms with van der Waals surface area (Å²) >= 11 is 1.93. The van der Waals surface area contributed by atoms with Gasteiger partial charge in [-0.25, -0.2) is 0 Å². The minimum absolute atomic E-state index is 0.0938. The molecule has 2 nitrogen and oxygen atoms in total. The Balaban J connectivity index is 1.18. The van der Waals surface area contributed by atoms with E-state index in [4.69, 9.17) is 4.42 Å². The van der Waals surface area contributed by atoms with E-state index in [-0.39, 0.29) is 18.5 Å². The largest absolute Gasteiger partial charge is 0.456 e. The Morgan fingerprint density at radius 2 is 1.27 bits per heavy atom. The topological polar surface area (TPSA) is 16.4 Å². The first-order chi connectivity index (χ1) is 29.7. The van der Waals surface area contributed by atoms with Gasteiger partial charge in [-0.3, -0.25) is 0 Å². The van der Waals surface area contributed by atoms with Gasteiger partial charge in [0.05, 0.1) is 0 Å². The third-order valence-electron chi connectivity index (χ3n) is 13.0. The summed E-state index contributed by atoms with van der Waals surface area (Å²) in [5.74, 6) is 1.28. The number of furan rings is 1. The van der Waals surface area contributed by atoms with E-state index in [2.05, 4.69) is 212 Å². The van der Waals surface area contributed by atoms with Crippen LogP contribution in [0.2, 0.25) is 0 Å². The molecule has 3 heterocycles. The van der Waals surface area contributed by atoms with Crippen molar-refractivity contribution in [1.82, 2.24) is 0 Å². The van der Waals surface area contributed by atoms with Gasteiger partial charge < -0.3 is 9.32 Å². The van der Waals surface area contributed by atoms with Crippen LogP contribution in [-0.2, 0) is 6.42 Å². The monoisotopic (exact) mass is 785 g/mol. The Bertz CT molecular complexity index is 3080. The zero-order chi connectivity index (χ0) is 39.7. The van der Waals surface area contributed by atoms with Gasteiger partial charge in [-0.1, -0.05) is 187 Å². The van der Waals surface area contributed by atoms with Crippen LogP contribution in [0.4, 0.5) is 17.1 Å². The number of hydrogen-bond donors (Lipinski definition) is 0. The Labute approximate surface area is 355 Å². The second-order valence-corrected chi connectivity index (χ2v) is 17.5. The number of para-hydroxylation sites is 3. The maximum Gasteiger partial charge on any atom is 0.244 e. The molecule has 0 fully saturated rings. The summed E-state index contributed by atoms with van der Waals surface area (Å²) in [4.78, 5) is 5.09. The fourth-order valence-electron chi connectivity index (χ4n) is 10.5. The summed E-state index contributed by atoms with van der Waals surface area (Å²) in [6.07, 6.45) is 3.20. The van der Waals surface area contributed by atoms with Crippen molar-refractivity contribution in [2.75, 3.05) is 4.90 Å². The minimum atomic E-state index is 0.0938. The number of benzene rings is 8. The van der Waals surface area contributed by atoms with Gasteiger partial charge in [-0.05, 0) is 94.3 Å². The van der Waals surface area contributed by atoms with Crippen molar-refractivity contribution >= 4 is 74.5 Å². The molecule has 9 aromatic rings. The van der Waals surface area contributed by atoms with Gasteiger partial charge in [0, 0.05) is 49.3 Å². The highest BCUT2D eigenvalue weighted by Crippen LogP contribution is 2.57. The summed E-state index contributed by atoms with van der Waals surface area (Å²) in [6, 6.07) is 71.1. The molecule has 2 atom stereocenters. The molecule has 8 aromatic carbocycles. The fourth-order valence-corrected chi connectivity index (χ4v) is 11.7. The minimum Gasteiger partial charge on any atom is -0.456 e. The van der Waals surface area contributed by atoms with Gasteiger partial charge in [-0.2, -0.15) is 0 Å². The third-order valence-corrected chi connectivity index (χ3v) is 14.1. The van der Waals surface area contributed by atoms with Crippen LogP contribution in [0.3, 0.4) is 0 Å². The molecular weight excluding hydrogens is 746 g/mol. The highest BCUT2D eigenvalue weighted by Gasteiger charge is 2.48. The van der Waals surface area contributed by atoms with Crippen LogP contribution in [0.15, 0.2) is 208 Å². The van der Waals surface area contributed by atoms with Crippen molar-refractivity contribution in [3.63, 3.8) is 0 Å². The van der Waals surface area contributed by atoms with Gasteiger partial charge in [-0.15, -0.1) is 0 Å². The number of hydrogen-bond acceptors (Lipinski definition) is 3. The molecule has 284 valence electrons. The van der Waals surface area contributed by atoms with Crippen LogP contribution >= 0.6 is 11.8 Å². The van der Waals surface area contributed by atoms with Crippen molar-refractivity contribution in [2.24, 2.45) is 0 Å². The van der Waals surface area contributed by atoms with Crippen LogP contribution in [0.5, 0.6) is 0 Å². The first-order valence-corrected chi connectivity index (χ1v) is 21.8. The molecule has 1 aliphatic carbocycles. The lowest BCUT2D eigenvalue weighted by Crippen LogP contribution is -2.61. The number of rotatable bonds is 7. The van der Waals surface area contributed by atoms with E-state index >= 15 is 0 Å². The highest BCUT2D eigenvalue weighted by molar-refractivity contribution is 8.00. The average Bonchev–Trinajstić information content (AvgIpc) is 3.70. The first-order valence-electron chi connectivity index (χ1n) is 21.0. The normalized spacial score (nSPS) is 15.8. The number of allylic oxidation sites excluding steroid dienone is 1. The van der Waals surface area contributed by atoms with E-state index in [9.17, 15) is 0 Å². The Morgan fingerprint density at radius 1 is 0.617 bits per heavy atom. The second-order valence-electron chi connectivity index (χ2n) is 16.4. The molecular formula is C56H40BNOS. The zero-order valence-corrected chi connectivity index (χ0v) is 34.1. The molecule has 0 saturated carbocycles. The van der Waals surface area contributed by atoms with Crippen molar-refractivity contribution < 1.29 is 4.42 Å². The van der Waals surface area contributed by atoms with E-state index in [1.165, 1.54) is 81.8 Å². The summed E-state index contributed by atoms with van der Waals surface area (Å²) in [7, 11) is 0. The van der Waals surface area contributed by atoms with E-state index < -0.39 is 0 Å². The number of fused-ring (bicyclic) bond motifs is 8. The molecule has 1 unspecified atom stereocenters. The van der Waals surface area contributed by atoms with Gasteiger partial charge in [0.1, 0.15) is 11.3 Å². The predicted octanol–water partition coefficient (Wildman–Crippen LogP) is 12.9. The molecule has 0 N–H and O–H groups in total. The third kappa shape index (κ3) is 5.58. The second kappa shape index (κ2) is 14.2. The summed E-state index contributed by atoms with van der Waals surface area (Å²) < 4.78 is 7.15. The SMILES string of the molecule is C[C@H]1c2c(oc3ccccc23)-c2c(/C(=C\c3ccccc3)Cc3ccccc3)ccc3c2C1c1cc(N(c2ccccc2)c2ccccc2)cc2c1B3c1ccccc1S2. The summed E-state index contributed by atoms with van der Waals surface area (Å²) in [5, 5.41) is 1.21. The number of anilines is 3. The maximum atomic E-state index is 7.15. The highest BCUT2D eigenvalue weighted by atomic mass is 32.2. The van der Waals surface area contributed by atoms with Crippen LogP contribution < -0.4 is 21.3 Å². The van der Waals surface area contributed by atoms with Crippen molar-refractivity contribution in [2.45, 2.75) is 35.0 Å². The van der Waals surface area contributed by atoms with Crippen molar-refractivity contribution in [3.05, 3.63) is 228 Å². The van der Waals surface area contributed by atoms with Gasteiger partial charge in [0.15, 0.2) is 0 Å². The van der Waals surface area contributed by atoms with E-state index in [1.807, 2.05) is 11.8 Å². The quantitative estimate of drug-likeness (QED) is 0.118. The Kier molecular flexibility index (Phi) is 8.35. The van der Waals surface area contributed by atoms with Crippen LogP contribution in [-0.4, -0.2) is 6.71 Å². The summed E-state index contributed by atoms with van der Waals surface area (Å²) in [6.45, 7) is 2.54. The molecule has 12 rings (SSSR count). The van der Waals surface area contributed by atoms with Crippen LogP contribution in [0.1, 0.15) is 52.1 Å². The Morgan fingerprint density at radius 3 is 2.02 bits per heavy atom. The lowest BCUT2D eigenvalue weighted by Gasteiger charge is -2.44. The summed E-state index contributed by atoms with van der Waals surface area (Å²) in [5.41, 5.74) is 19.0. The molecule has 0 amide bonds. The van der Waals surface area contributed by atoms with Crippen molar-refractivity contribution in [3.8, 4) is 11.3 Å². The smallest absolute Gasteiger partial charge is 0.244 e. The molecule has 0 saturated heterocycles.